The van der Waals surface area contributed by atoms with E-state index in [9.17, 15) is 18.0 Å². The molecular weight excluding hydrogens is 406 g/mol. The molecule has 2 amide bonds. The summed E-state index contributed by atoms with van der Waals surface area (Å²) in [4.78, 5) is 28.4. The number of carbonyl (C=O) groups is 2. The number of piperazine rings is 1. The molecule has 0 atom stereocenters. The van der Waals surface area contributed by atoms with Gasteiger partial charge in [-0.3, -0.25) is 14.5 Å². The van der Waals surface area contributed by atoms with Crippen LogP contribution in [0.3, 0.4) is 0 Å². The number of nitrogens with one attached hydrogen (secondary N) is 1. The maximum absolute atomic E-state index is 12.7. The number of rotatable bonds is 8. The number of hydrogen-bond donors (Lipinski definition) is 1. The molecule has 2 aromatic rings. The normalized spacial score (nSPS) is 15.2. The zero-order valence-electron chi connectivity index (χ0n) is 17.0. The van der Waals surface area contributed by atoms with Crippen LogP contribution in [-0.2, 0) is 20.4 Å². The van der Waals surface area contributed by atoms with Gasteiger partial charge in [0.1, 0.15) is 11.5 Å². The first kappa shape index (κ1) is 22.0. The van der Waals surface area contributed by atoms with Crippen LogP contribution < -0.4 is 5.32 Å². The summed E-state index contributed by atoms with van der Waals surface area (Å²) < 4.78 is 30.5. The highest BCUT2D eigenvalue weighted by molar-refractivity contribution is 7.90. The monoisotopic (exact) mass is 433 g/mol. The zero-order chi connectivity index (χ0) is 21.6. The summed E-state index contributed by atoms with van der Waals surface area (Å²) in [5.74, 6) is -0.221. The summed E-state index contributed by atoms with van der Waals surface area (Å²) in [6.45, 7) is 5.16. The fraction of sp³-hybridized carbons (Fsp3) is 0.429. The van der Waals surface area contributed by atoms with Crippen LogP contribution in [0.1, 0.15) is 29.7 Å². The minimum Gasteiger partial charge on any atom is -0.455 e. The number of furan rings is 1. The van der Waals surface area contributed by atoms with E-state index < -0.39 is 9.84 Å². The molecule has 1 aromatic carbocycles. The van der Waals surface area contributed by atoms with E-state index in [1.807, 2.05) is 11.8 Å². The molecule has 0 unspecified atom stereocenters. The van der Waals surface area contributed by atoms with E-state index in [1.165, 1.54) is 24.3 Å². The maximum atomic E-state index is 12.7. The molecule has 1 aliphatic heterocycles. The molecule has 2 heterocycles. The third-order valence-corrected chi connectivity index (χ3v) is 6.56. The quantitative estimate of drug-likeness (QED) is 0.678. The van der Waals surface area contributed by atoms with Crippen LogP contribution in [0, 0.1) is 0 Å². The number of nitrogens with zero attached hydrogens (tertiary/aromatic N) is 2. The molecule has 1 aliphatic rings. The number of benzene rings is 1. The maximum Gasteiger partial charge on any atom is 0.289 e. The minimum absolute atomic E-state index is 0.00747. The number of hydrogen-bond acceptors (Lipinski definition) is 6. The van der Waals surface area contributed by atoms with Crippen molar-refractivity contribution in [1.82, 2.24) is 15.1 Å². The van der Waals surface area contributed by atoms with Gasteiger partial charge in [-0.25, -0.2) is 8.42 Å². The molecule has 0 radical (unpaired) electrons. The van der Waals surface area contributed by atoms with Gasteiger partial charge in [0.2, 0.25) is 5.91 Å². The van der Waals surface area contributed by atoms with E-state index in [0.717, 1.165) is 6.42 Å². The second-order valence-corrected chi connectivity index (χ2v) is 9.25. The molecule has 0 bridgehead atoms. The molecule has 30 heavy (non-hydrogen) atoms. The Morgan fingerprint density at radius 3 is 2.40 bits per heavy atom. The molecule has 0 aliphatic carbocycles. The van der Waals surface area contributed by atoms with Crippen LogP contribution in [0.15, 0.2) is 51.8 Å². The van der Waals surface area contributed by atoms with Crippen molar-refractivity contribution in [3.05, 3.63) is 54.0 Å². The fourth-order valence-electron chi connectivity index (χ4n) is 3.26. The average molecular weight is 434 g/mol. The summed E-state index contributed by atoms with van der Waals surface area (Å²) in [7, 11) is -3.54. The predicted molar refractivity (Wildman–Crippen MR) is 112 cm³/mol. The molecule has 8 nitrogen and oxygen atoms in total. The molecule has 1 N–H and O–H groups in total. The molecule has 1 aromatic heterocycles. The summed E-state index contributed by atoms with van der Waals surface area (Å²) in [5, 5.41) is 2.85. The second kappa shape index (κ2) is 9.90. The predicted octanol–water partition coefficient (Wildman–Crippen LogP) is 1.54. The smallest absolute Gasteiger partial charge is 0.289 e. The Kier molecular flexibility index (Phi) is 7.28. The van der Waals surface area contributed by atoms with E-state index in [0.29, 0.717) is 39.3 Å². The summed E-state index contributed by atoms with van der Waals surface area (Å²) >= 11 is 0. The first-order valence-corrected chi connectivity index (χ1v) is 11.7. The largest absolute Gasteiger partial charge is 0.455 e. The first-order valence-electron chi connectivity index (χ1n) is 10.0. The highest BCUT2D eigenvalue weighted by Gasteiger charge is 2.26. The van der Waals surface area contributed by atoms with E-state index in [-0.39, 0.29) is 34.0 Å². The zero-order valence-corrected chi connectivity index (χ0v) is 17.9. The van der Waals surface area contributed by atoms with Gasteiger partial charge < -0.3 is 14.6 Å². The molecule has 9 heteroatoms. The van der Waals surface area contributed by atoms with Crippen LogP contribution in [0.4, 0.5) is 0 Å². The van der Waals surface area contributed by atoms with Gasteiger partial charge in [0.15, 0.2) is 15.6 Å². The van der Waals surface area contributed by atoms with Crippen molar-refractivity contribution >= 4 is 21.7 Å². The lowest BCUT2D eigenvalue weighted by Crippen LogP contribution is -2.51. The van der Waals surface area contributed by atoms with Gasteiger partial charge in [-0.05, 0) is 30.7 Å². The van der Waals surface area contributed by atoms with Crippen molar-refractivity contribution in [3.8, 4) is 0 Å². The van der Waals surface area contributed by atoms with Gasteiger partial charge in [0.05, 0.1) is 11.4 Å². The van der Waals surface area contributed by atoms with Gasteiger partial charge in [0.25, 0.3) is 5.91 Å². The van der Waals surface area contributed by atoms with Gasteiger partial charge in [0, 0.05) is 32.7 Å². The van der Waals surface area contributed by atoms with Crippen LogP contribution in [0.5, 0.6) is 0 Å². The third kappa shape index (κ3) is 5.70. The van der Waals surface area contributed by atoms with Crippen LogP contribution in [0.2, 0.25) is 0 Å². The Morgan fingerprint density at radius 1 is 1.03 bits per heavy atom. The Hall–Kier alpha value is -2.65. The molecule has 1 fully saturated rings. The fourth-order valence-corrected chi connectivity index (χ4v) is 4.53. The number of sulfone groups is 1. The third-order valence-electron chi connectivity index (χ3n) is 4.91. The minimum atomic E-state index is -3.54. The lowest BCUT2D eigenvalue weighted by molar-refractivity contribution is -0.122. The highest BCUT2D eigenvalue weighted by Crippen LogP contribution is 2.19. The number of carbonyl (C=O) groups excluding carboxylic acids is 2. The SMILES string of the molecule is CCCNC(=O)CN1CCN(C(=O)c2ccc(CS(=O)(=O)c3ccccc3)o2)CC1. The van der Waals surface area contributed by atoms with Gasteiger partial charge >= 0.3 is 0 Å². The van der Waals surface area contributed by atoms with Crippen molar-refractivity contribution in [2.75, 3.05) is 39.3 Å². The van der Waals surface area contributed by atoms with E-state index in [4.69, 9.17) is 4.42 Å². The Labute approximate surface area is 176 Å². The van der Waals surface area contributed by atoms with Crippen molar-refractivity contribution in [2.45, 2.75) is 24.0 Å². The molecular formula is C21H27N3O5S. The lowest BCUT2D eigenvalue weighted by Gasteiger charge is -2.33. The Bertz CT molecular complexity index is 964. The topological polar surface area (TPSA) is 99.9 Å². The molecule has 1 saturated heterocycles. The molecule has 162 valence electrons. The van der Waals surface area contributed by atoms with Crippen LogP contribution >= 0.6 is 0 Å². The summed E-state index contributed by atoms with van der Waals surface area (Å²) in [5.41, 5.74) is 0. The van der Waals surface area contributed by atoms with Crippen LogP contribution in [-0.4, -0.2) is 69.3 Å². The summed E-state index contributed by atoms with van der Waals surface area (Å²) in [6, 6.07) is 11.2. The van der Waals surface area contributed by atoms with E-state index >= 15 is 0 Å². The van der Waals surface area contributed by atoms with Crippen molar-refractivity contribution in [1.29, 1.82) is 0 Å². The van der Waals surface area contributed by atoms with E-state index in [2.05, 4.69) is 5.32 Å². The van der Waals surface area contributed by atoms with Gasteiger partial charge in [-0.15, -0.1) is 0 Å². The summed E-state index contributed by atoms with van der Waals surface area (Å²) in [6.07, 6.45) is 0.895. The molecule has 0 saturated carbocycles. The number of amides is 2. The van der Waals surface area contributed by atoms with Crippen molar-refractivity contribution in [3.63, 3.8) is 0 Å². The standard InChI is InChI=1S/C21H27N3O5S/c1-2-10-22-20(25)15-23-11-13-24(14-12-23)21(26)19-9-8-17(29-19)16-30(27,28)18-6-4-3-5-7-18/h3-9H,2,10-16H2,1H3,(H,22,25). The second-order valence-electron chi connectivity index (χ2n) is 7.26. The Morgan fingerprint density at radius 2 is 1.73 bits per heavy atom. The van der Waals surface area contributed by atoms with Crippen LogP contribution in [0.25, 0.3) is 0 Å². The highest BCUT2D eigenvalue weighted by atomic mass is 32.2. The molecule has 3 rings (SSSR count). The van der Waals surface area contributed by atoms with Gasteiger partial charge in [-0.2, -0.15) is 0 Å². The van der Waals surface area contributed by atoms with Crippen molar-refractivity contribution in [2.24, 2.45) is 0 Å². The average Bonchev–Trinajstić information content (AvgIpc) is 3.20. The Balaban J connectivity index is 1.54. The van der Waals surface area contributed by atoms with Crippen molar-refractivity contribution < 1.29 is 22.4 Å². The first-order chi connectivity index (χ1) is 14.4. The lowest BCUT2D eigenvalue weighted by atomic mass is 10.2. The molecule has 0 spiro atoms. The van der Waals surface area contributed by atoms with Gasteiger partial charge in [-0.1, -0.05) is 25.1 Å². The van der Waals surface area contributed by atoms with E-state index in [1.54, 1.807) is 23.1 Å².